The molecule has 2 rings (SSSR count). The Morgan fingerprint density at radius 1 is 1.35 bits per heavy atom. The van der Waals surface area contributed by atoms with Crippen molar-refractivity contribution in [1.29, 1.82) is 5.26 Å². The van der Waals surface area contributed by atoms with E-state index in [-0.39, 0.29) is 0 Å². The van der Waals surface area contributed by atoms with Gasteiger partial charge in [-0.25, -0.2) is 10.8 Å². The minimum Gasteiger partial charge on any atom is -0.439 e. The van der Waals surface area contributed by atoms with E-state index in [0.29, 0.717) is 28.8 Å². The highest BCUT2D eigenvalue weighted by atomic mass is 16.5. The first-order valence-corrected chi connectivity index (χ1v) is 6.27. The van der Waals surface area contributed by atoms with Gasteiger partial charge in [-0.15, -0.1) is 0 Å². The summed E-state index contributed by atoms with van der Waals surface area (Å²) in [6.07, 6.45) is 1.67. The molecule has 0 aliphatic carbocycles. The zero-order chi connectivity index (χ0) is 14.4. The normalized spacial score (nSPS) is 9.85. The van der Waals surface area contributed by atoms with E-state index < -0.39 is 0 Å². The maximum Gasteiger partial charge on any atom is 0.224 e. The summed E-state index contributed by atoms with van der Waals surface area (Å²) in [5, 5.41) is 8.87. The van der Waals surface area contributed by atoms with E-state index in [2.05, 4.69) is 21.5 Å². The van der Waals surface area contributed by atoms with Crippen LogP contribution in [0.4, 0.5) is 5.82 Å². The molecule has 6 heteroatoms. The third kappa shape index (κ3) is 3.43. The Labute approximate surface area is 117 Å². The van der Waals surface area contributed by atoms with E-state index in [1.807, 2.05) is 6.92 Å². The number of hydrogen-bond acceptors (Lipinski definition) is 6. The Morgan fingerprint density at radius 3 is 2.90 bits per heavy atom. The predicted molar refractivity (Wildman–Crippen MR) is 75.1 cm³/mol. The molecule has 0 atom stereocenters. The fraction of sp³-hybridized carbons (Fsp3) is 0.214. The number of hydrazine groups is 1. The van der Waals surface area contributed by atoms with E-state index in [1.54, 1.807) is 30.3 Å². The largest absolute Gasteiger partial charge is 0.439 e. The first-order chi connectivity index (χ1) is 9.75. The van der Waals surface area contributed by atoms with Crippen LogP contribution in [0.1, 0.15) is 24.7 Å². The number of ether oxygens (including phenoxy) is 1. The number of nitriles is 1. The van der Waals surface area contributed by atoms with E-state index in [0.717, 1.165) is 12.8 Å². The van der Waals surface area contributed by atoms with Gasteiger partial charge in [0.15, 0.2) is 0 Å². The van der Waals surface area contributed by atoms with Crippen LogP contribution >= 0.6 is 0 Å². The SMILES string of the molecule is CCCc1nc(NN)cc(Oc2cccc(C#N)c2)n1. The minimum absolute atomic E-state index is 0.395. The summed E-state index contributed by atoms with van der Waals surface area (Å²) in [5.74, 6) is 7.48. The van der Waals surface area contributed by atoms with Gasteiger partial charge >= 0.3 is 0 Å². The number of anilines is 1. The number of aryl methyl sites for hydroxylation is 1. The van der Waals surface area contributed by atoms with Gasteiger partial charge in [0.25, 0.3) is 0 Å². The summed E-state index contributed by atoms with van der Waals surface area (Å²) >= 11 is 0. The van der Waals surface area contributed by atoms with Crippen LogP contribution in [0, 0.1) is 11.3 Å². The quantitative estimate of drug-likeness (QED) is 0.639. The molecule has 0 aliphatic rings. The Hall–Kier alpha value is -2.65. The first-order valence-electron chi connectivity index (χ1n) is 6.27. The highest BCUT2D eigenvalue weighted by Crippen LogP contribution is 2.22. The number of nitrogens with zero attached hydrogens (tertiary/aromatic N) is 3. The van der Waals surface area contributed by atoms with Crippen molar-refractivity contribution in [3.63, 3.8) is 0 Å². The third-order valence-corrected chi connectivity index (χ3v) is 2.56. The third-order valence-electron chi connectivity index (χ3n) is 2.56. The van der Waals surface area contributed by atoms with Gasteiger partial charge in [0, 0.05) is 12.5 Å². The Kier molecular flexibility index (Phi) is 4.47. The van der Waals surface area contributed by atoms with Crippen molar-refractivity contribution in [2.75, 3.05) is 5.43 Å². The van der Waals surface area contributed by atoms with Crippen LogP contribution in [-0.4, -0.2) is 9.97 Å². The molecule has 0 aliphatic heterocycles. The molecule has 0 saturated carbocycles. The molecule has 1 aromatic carbocycles. The second-order valence-corrected chi connectivity index (χ2v) is 4.14. The summed E-state index contributed by atoms with van der Waals surface area (Å²) in [5.41, 5.74) is 3.02. The van der Waals surface area contributed by atoms with Crippen molar-refractivity contribution < 1.29 is 4.74 Å². The predicted octanol–water partition coefficient (Wildman–Crippen LogP) is 2.38. The van der Waals surface area contributed by atoms with Gasteiger partial charge in [0.05, 0.1) is 11.6 Å². The summed E-state index contributed by atoms with van der Waals surface area (Å²) in [6, 6.07) is 10.5. The van der Waals surface area contributed by atoms with Crippen molar-refractivity contribution in [2.45, 2.75) is 19.8 Å². The lowest BCUT2D eigenvalue weighted by Gasteiger charge is -2.08. The molecule has 1 aromatic heterocycles. The maximum atomic E-state index is 8.87. The molecular weight excluding hydrogens is 254 g/mol. The molecule has 0 spiro atoms. The summed E-state index contributed by atoms with van der Waals surface area (Å²) < 4.78 is 5.65. The number of nitrogens with one attached hydrogen (secondary N) is 1. The molecule has 0 amide bonds. The zero-order valence-corrected chi connectivity index (χ0v) is 11.1. The zero-order valence-electron chi connectivity index (χ0n) is 11.1. The number of benzene rings is 1. The number of hydrogen-bond donors (Lipinski definition) is 2. The van der Waals surface area contributed by atoms with Crippen LogP contribution in [0.2, 0.25) is 0 Å². The van der Waals surface area contributed by atoms with E-state index in [4.69, 9.17) is 15.8 Å². The van der Waals surface area contributed by atoms with Gasteiger partial charge in [-0.2, -0.15) is 10.2 Å². The molecule has 6 nitrogen and oxygen atoms in total. The van der Waals surface area contributed by atoms with Crippen LogP contribution in [0.5, 0.6) is 11.6 Å². The fourth-order valence-corrected chi connectivity index (χ4v) is 1.68. The molecule has 2 aromatic rings. The van der Waals surface area contributed by atoms with E-state index in [9.17, 15) is 0 Å². The molecule has 20 heavy (non-hydrogen) atoms. The van der Waals surface area contributed by atoms with Gasteiger partial charge in [0.1, 0.15) is 17.4 Å². The molecule has 3 N–H and O–H groups in total. The molecule has 0 fully saturated rings. The van der Waals surface area contributed by atoms with Gasteiger partial charge < -0.3 is 10.2 Å². The van der Waals surface area contributed by atoms with Crippen molar-refractivity contribution >= 4 is 5.82 Å². The van der Waals surface area contributed by atoms with E-state index in [1.165, 1.54) is 0 Å². The van der Waals surface area contributed by atoms with Crippen molar-refractivity contribution in [3.8, 4) is 17.7 Å². The standard InChI is InChI=1S/C14H15N5O/c1-2-4-12-17-13(19-16)8-14(18-12)20-11-6-3-5-10(7-11)9-15/h3,5-8H,2,4,16H2,1H3,(H,17,18,19). The highest BCUT2D eigenvalue weighted by molar-refractivity contribution is 5.41. The molecule has 1 heterocycles. The first kappa shape index (κ1) is 13.8. The van der Waals surface area contributed by atoms with Crippen LogP contribution in [-0.2, 0) is 6.42 Å². The monoisotopic (exact) mass is 269 g/mol. The van der Waals surface area contributed by atoms with Gasteiger partial charge in [-0.3, -0.25) is 0 Å². The van der Waals surface area contributed by atoms with Crippen LogP contribution < -0.4 is 16.0 Å². The average Bonchev–Trinajstić information content (AvgIpc) is 2.47. The Balaban J connectivity index is 2.27. The molecule has 0 saturated heterocycles. The summed E-state index contributed by atoms with van der Waals surface area (Å²) in [7, 11) is 0. The average molecular weight is 269 g/mol. The lowest BCUT2D eigenvalue weighted by Crippen LogP contribution is -2.10. The molecule has 0 unspecified atom stereocenters. The maximum absolute atomic E-state index is 8.87. The molecular formula is C14H15N5O. The van der Waals surface area contributed by atoms with Crippen LogP contribution in [0.15, 0.2) is 30.3 Å². The highest BCUT2D eigenvalue weighted by Gasteiger charge is 2.06. The van der Waals surface area contributed by atoms with Crippen molar-refractivity contribution in [3.05, 3.63) is 41.7 Å². The fourth-order valence-electron chi connectivity index (χ4n) is 1.68. The van der Waals surface area contributed by atoms with Crippen molar-refractivity contribution in [2.24, 2.45) is 5.84 Å². The second-order valence-electron chi connectivity index (χ2n) is 4.14. The molecule has 0 bridgehead atoms. The van der Waals surface area contributed by atoms with Gasteiger partial charge in [-0.05, 0) is 24.6 Å². The van der Waals surface area contributed by atoms with Crippen LogP contribution in [0.25, 0.3) is 0 Å². The Morgan fingerprint density at radius 2 is 2.20 bits per heavy atom. The lowest BCUT2D eigenvalue weighted by atomic mass is 10.2. The van der Waals surface area contributed by atoms with Gasteiger partial charge in [0.2, 0.25) is 5.88 Å². The number of aromatic nitrogens is 2. The summed E-state index contributed by atoms with van der Waals surface area (Å²) in [4.78, 5) is 8.55. The number of rotatable bonds is 5. The molecule has 102 valence electrons. The minimum atomic E-state index is 0.395. The summed E-state index contributed by atoms with van der Waals surface area (Å²) in [6.45, 7) is 2.04. The number of nitrogens with two attached hydrogens (primary N) is 1. The van der Waals surface area contributed by atoms with Crippen molar-refractivity contribution in [1.82, 2.24) is 9.97 Å². The molecule has 0 radical (unpaired) electrons. The topological polar surface area (TPSA) is 96.9 Å². The van der Waals surface area contributed by atoms with Gasteiger partial charge in [-0.1, -0.05) is 13.0 Å². The number of nitrogen functional groups attached to an aromatic ring is 1. The Bertz CT molecular complexity index is 636. The van der Waals surface area contributed by atoms with E-state index >= 15 is 0 Å². The lowest BCUT2D eigenvalue weighted by molar-refractivity contribution is 0.458. The van der Waals surface area contributed by atoms with Crippen LogP contribution in [0.3, 0.4) is 0 Å². The smallest absolute Gasteiger partial charge is 0.224 e. The second kappa shape index (κ2) is 6.50.